The molecule has 0 unspecified atom stereocenters. The summed E-state index contributed by atoms with van der Waals surface area (Å²) in [6, 6.07) is 10.9. The molecule has 0 saturated carbocycles. The van der Waals surface area contributed by atoms with Gasteiger partial charge >= 0.3 is 0 Å². The monoisotopic (exact) mass is 402 g/mol. The molecule has 134 valence electrons. The fourth-order valence-electron chi connectivity index (χ4n) is 2.07. The van der Waals surface area contributed by atoms with Gasteiger partial charge in [-0.05, 0) is 30.3 Å². The highest BCUT2D eigenvalue weighted by Crippen LogP contribution is 2.27. The van der Waals surface area contributed by atoms with Crippen LogP contribution in [0.3, 0.4) is 0 Å². The van der Waals surface area contributed by atoms with E-state index in [-0.39, 0.29) is 14.9 Å². The number of carbonyl (C=O) groups excluding carboxylic acids is 1. The fourth-order valence-corrected chi connectivity index (χ4v) is 3.93. The number of amides is 1. The van der Waals surface area contributed by atoms with Crippen LogP contribution in [0.5, 0.6) is 5.75 Å². The lowest BCUT2D eigenvalue weighted by molar-refractivity contribution is -0.116. The van der Waals surface area contributed by atoms with Crippen molar-refractivity contribution in [2.24, 2.45) is 0 Å². The molecular formula is C16H16Cl2N2O4S. The zero-order valence-corrected chi connectivity index (χ0v) is 15.8. The third-order valence-corrected chi connectivity index (χ3v) is 5.85. The van der Waals surface area contributed by atoms with Crippen LogP contribution in [0.15, 0.2) is 47.4 Å². The minimum atomic E-state index is -3.97. The number of benzene rings is 2. The highest BCUT2D eigenvalue weighted by Gasteiger charge is 2.26. The van der Waals surface area contributed by atoms with Crippen molar-refractivity contribution in [3.8, 4) is 5.75 Å². The second-order valence-electron chi connectivity index (χ2n) is 5.08. The van der Waals surface area contributed by atoms with E-state index >= 15 is 0 Å². The van der Waals surface area contributed by atoms with E-state index in [0.29, 0.717) is 11.4 Å². The first-order valence-corrected chi connectivity index (χ1v) is 9.29. The van der Waals surface area contributed by atoms with Crippen molar-refractivity contribution in [3.63, 3.8) is 0 Å². The van der Waals surface area contributed by atoms with Crippen LogP contribution in [-0.2, 0) is 14.8 Å². The van der Waals surface area contributed by atoms with Crippen LogP contribution in [0, 0.1) is 0 Å². The SMILES string of the molecule is COc1ccccc1NC(=O)CN(C)S(=O)(=O)c1cc(Cl)ccc1Cl. The summed E-state index contributed by atoms with van der Waals surface area (Å²) in [5, 5.41) is 2.87. The quantitative estimate of drug-likeness (QED) is 0.804. The number of anilines is 1. The third-order valence-electron chi connectivity index (χ3n) is 3.33. The number of rotatable bonds is 6. The maximum atomic E-state index is 12.6. The Kier molecular flexibility index (Phi) is 6.29. The van der Waals surface area contributed by atoms with Crippen molar-refractivity contribution in [3.05, 3.63) is 52.5 Å². The van der Waals surface area contributed by atoms with Crippen LogP contribution in [0.4, 0.5) is 5.69 Å². The lowest BCUT2D eigenvalue weighted by Gasteiger charge is -2.18. The number of hydrogen-bond acceptors (Lipinski definition) is 4. The van der Waals surface area contributed by atoms with E-state index in [1.54, 1.807) is 24.3 Å². The lowest BCUT2D eigenvalue weighted by Crippen LogP contribution is -2.35. The van der Waals surface area contributed by atoms with E-state index < -0.39 is 22.5 Å². The fraction of sp³-hybridized carbons (Fsp3) is 0.188. The summed E-state index contributed by atoms with van der Waals surface area (Å²) >= 11 is 11.8. The summed E-state index contributed by atoms with van der Waals surface area (Å²) < 4.78 is 31.2. The predicted octanol–water partition coefficient (Wildman–Crippen LogP) is 3.26. The molecule has 2 rings (SSSR count). The summed E-state index contributed by atoms with van der Waals surface area (Å²) in [4.78, 5) is 12.0. The number of likely N-dealkylation sites (N-methyl/N-ethyl adjacent to an activating group) is 1. The number of nitrogens with one attached hydrogen (secondary N) is 1. The molecule has 0 aliphatic rings. The Morgan fingerprint density at radius 3 is 2.56 bits per heavy atom. The third kappa shape index (κ3) is 4.64. The highest BCUT2D eigenvalue weighted by atomic mass is 35.5. The average Bonchev–Trinajstić information content (AvgIpc) is 2.57. The van der Waals surface area contributed by atoms with Crippen molar-refractivity contribution in [2.75, 3.05) is 26.0 Å². The molecule has 6 nitrogen and oxygen atoms in total. The molecule has 0 heterocycles. The highest BCUT2D eigenvalue weighted by molar-refractivity contribution is 7.89. The van der Waals surface area contributed by atoms with Crippen LogP contribution in [0.2, 0.25) is 10.0 Å². The van der Waals surface area contributed by atoms with Crippen molar-refractivity contribution >= 4 is 44.8 Å². The number of nitrogens with zero attached hydrogens (tertiary/aromatic N) is 1. The number of halogens is 2. The number of ether oxygens (including phenoxy) is 1. The molecule has 0 atom stereocenters. The molecule has 1 amide bonds. The molecule has 0 spiro atoms. The summed E-state index contributed by atoms with van der Waals surface area (Å²) in [7, 11) is -1.21. The zero-order valence-electron chi connectivity index (χ0n) is 13.5. The average molecular weight is 403 g/mol. The second kappa shape index (κ2) is 8.05. The molecule has 2 aromatic carbocycles. The van der Waals surface area contributed by atoms with Gasteiger partial charge in [-0.1, -0.05) is 35.3 Å². The standard InChI is InChI=1S/C16H16Cl2N2O4S/c1-20(25(22,23)15-9-11(17)7-8-12(15)18)10-16(21)19-13-5-3-4-6-14(13)24-2/h3-9H,10H2,1-2H3,(H,19,21). The van der Waals surface area contributed by atoms with E-state index in [9.17, 15) is 13.2 Å². The Morgan fingerprint density at radius 2 is 1.88 bits per heavy atom. The molecule has 25 heavy (non-hydrogen) atoms. The largest absolute Gasteiger partial charge is 0.495 e. The van der Waals surface area contributed by atoms with Gasteiger partial charge in [0.15, 0.2) is 0 Å². The van der Waals surface area contributed by atoms with Gasteiger partial charge in [0.05, 0.1) is 24.4 Å². The van der Waals surface area contributed by atoms with Crippen LogP contribution in [-0.4, -0.2) is 39.3 Å². The number of sulfonamides is 1. The molecule has 0 aliphatic heterocycles. The molecule has 2 aromatic rings. The van der Waals surface area contributed by atoms with Gasteiger partial charge in [0, 0.05) is 12.1 Å². The molecule has 0 fully saturated rings. The van der Waals surface area contributed by atoms with E-state index in [1.807, 2.05) is 0 Å². The number of carbonyl (C=O) groups is 1. The first-order valence-electron chi connectivity index (χ1n) is 7.10. The summed E-state index contributed by atoms with van der Waals surface area (Å²) in [5.74, 6) is -0.0482. The topological polar surface area (TPSA) is 75.7 Å². The lowest BCUT2D eigenvalue weighted by atomic mass is 10.3. The van der Waals surface area contributed by atoms with Crippen LogP contribution >= 0.6 is 23.2 Å². The summed E-state index contributed by atoms with van der Waals surface area (Å²) in [6.07, 6.45) is 0. The van der Waals surface area contributed by atoms with Gasteiger partial charge < -0.3 is 10.1 Å². The van der Waals surface area contributed by atoms with Gasteiger partial charge in [-0.2, -0.15) is 4.31 Å². The Bertz CT molecular complexity index is 887. The molecule has 1 N–H and O–H groups in total. The van der Waals surface area contributed by atoms with Gasteiger partial charge in [-0.15, -0.1) is 0 Å². The molecule has 9 heteroatoms. The maximum Gasteiger partial charge on any atom is 0.244 e. The zero-order chi connectivity index (χ0) is 18.6. The smallest absolute Gasteiger partial charge is 0.244 e. The molecular weight excluding hydrogens is 387 g/mol. The van der Waals surface area contributed by atoms with Gasteiger partial charge in [-0.3, -0.25) is 4.79 Å². The van der Waals surface area contributed by atoms with Crippen LogP contribution < -0.4 is 10.1 Å². The van der Waals surface area contributed by atoms with Gasteiger partial charge in [-0.25, -0.2) is 8.42 Å². The van der Waals surface area contributed by atoms with E-state index in [4.69, 9.17) is 27.9 Å². The van der Waals surface area contributed by atoms with Crippen molar-refractivity contribution in [2.45, 2.75) is 4.90 Å². The van der Waals surface area contributed by atoms with Gasteiger partial charge in [0.2, 0.25) is 15.9 Å². The molecule has 0 aromatic heterocycles. The molecule has 0 saturated heterocycles. The minimum Gasteiger partial charge on any atom is -0.495 e. The van der Waals surface area contributed by atoms with E-state index in [1.165, 1.54) is 32.4 Å². The minimum absolute atomic E-state index is 0.0291. The van der Waals surface area contributed by atoms with Crippen molar-refractivity contribution in [1.29, 1.82) is 0 Å². The second-order valence-corrected chi connectivity index (χ2v) is 7.94. The number of hydrogen-bond donors (Lipinski definition) is 1. The Balaban J connectivity index is 2.16. The molecule has 0 aliphatic carbocycles. The Labute approximate surface area is 156 Å². The molecule has 0 bridgehead atoms. The van der Waals surface area contributed by atoms with Gasteiger partial charge in [0.25, 0.3) is 0 Å². The predicted molar refractivity (Wildman–Crippen MR) is 97.9 cm³/mol. The number of para-hydroxylation sites is 2. The molecule has 0 radical (unpaired) electrons. The van der Waals surface area contributed by atoms with Crippen molar-refractivity contribution < 1.29 is 17.9 Å². The van der Waals surface area contributed by atoms with Crippen LogP contribution in [0.1, 0.15) is 0 Å². The first-order chi connectivity index (χ1) is 11.8. The summed E-state index contributed by atoms with van der Waals surface area (Å²) in [5.41, 5.74) is 0.446. The maximum absolute atomic E-state index is 12.6. The van der Waals surface area contributed by atoms with Gasteiger partial charge in [0.1, 0.15) is 10.6 Å². The van der Waals surface area contributed by atoms with E-state index in [0.717, 1.165) is 4.31 Å². The normalized spacial score (nSPS) is 11.4. The van der Waals surface area contributed by atoms with Crippen LogP contribution in [0.25, 0.3) is 0 Å². The number of methoxy groups -OCH3 is 1. The Hall–Kier alpha value is -1.80. The first kappa shape index (κ1) is 19.5. The van der Waals surface area contributed by atoms with E-state index in [2.05, 4.69) is 5.32 Å². The summed E-state index contributed by atoms with van der Waals surface area (Å²) in [6.45, 7) is -0.400. The van der Waals surface area contributed by atoms with Crippen molar-refractivity contribution in [1.82, 2.24) is 4.31 Å². The Morgan fingerprint density at radius 1 is 1.20 bits per heavy atom.